The van der Waals surface area contributed by atoms with Gasteiger partial charge in [-0.15, -0.1) is 0 Å². The number of hydrogen-bond acceptors (Lipinski definition) is 4. The lowest BCUT2D eigenvalue weighted by Crippen LogP contribution is -2.47. The molecule has 1 N–H and O–H groups in total. The van der Waals surface area contributed by atoms with E-state index < -0.39 is 14.6 Å². The zero-order valence-electron chi connectivity index (χ0n) is 15.3. The molecule has 0 radical (unpaired) electrons. The van der Waals surface area contributed by atoms with Gasteiger partial charge in [-0.05, 0) is 47.5 Å². The minimum absolute atomic E-state index is 0.0841. The van der Waals surface area contributed by atoms with E-state index in [1.54, 1.807) is 20.8 Å². The molecule has 0 saturated carbocycles. The highest BCUT2D eigenvalue weighted by Crippen LogP contribution is 2.16. The van der Waals surface area contributed by atoms with Crippen molar-refractivity contribution in [3.05, 3.63) is 0 Å². The molecule has 0 atom stereocenters. The summed E-state index contributed by atoms with van der Waals surface area (Å²) in [5.41, 5.74) is 0. The maximum atomic E-state index is 12.2. The second-order valence-electron chi connectivity index (χ2n) is 6.81. The Hall–Kier alpha value is -0.820. The first-order valence-corrected chi connectivity index (χ1v) is 10.2. The Morgan fingerprint density at radius 3 is 2.35 bits per heavy atom. The van der Waals surface area contributed by atoms with Crippen LogP contribution in [0, 0.1) is 0 Å². The van der Waals surface area contributed by atoms with Crippen LogP contribution in [0.4, 0.5) is 0 Å². The third-order valence-corrected chi connectivity index (χ3v) is 6.62. The molecule has 1 saturated heterocycles. The van der Waals surface area contributed by atoms with E-state index in [-0.39, 0.29) is 5.75 Å². The smallest absolute Gasteiger partial charge is 0.193 e. The molecular weight excluding hydrogens is 314 g/mol. The van der Waals surface area contributed by atoms with E-state index in [2.05, 4.69) is 15.2 Å². The lowest BCUT2D eigenvalue weighted by molar-refractivity contribution is 0.0264. The van der Waals surface area contributed by atoms with Crippen LogP contribution in [0.5, 0.6) is 0 Å². The lowest BCUT2D eigenvalue weighted by Gasteiger charge is -2.34. The topological polar surface area (TPSA) is 71.0 Å². The number of nitrogens with one attached hydrogen (secondary N) is 1. The van der Waals surface area contributed by atoms with Crippen LogP contribution in [0.3, 0.4) is 0 Å². The van der Waals surface area contributed by atoms with E-state index in [4.69, 9.17) is 4.74 Å². The van der Waals surface area contributed by atoms with Crippen molar-refractivity contribution < 1.29 is 13.2 Å². The summed E-state index contributed by atoms with van der Waals surface area (Å²) in [7, 11) is -3.13. The molecule has 0 aromatic carbocycles. The van der Waals surface area contributed by atoms with Crippen molar-refractivity contribution in [2.75, 3.05) is 38.5 Å². The number of rotatable bonds is 6. The van der Waals surface area contributed by atoms with Crippen molar-refractivity contribution in [2.45, 2.75) is 58.3 Å². The summed E-state index contributed by atoms with van der Waals surface area (Å²) in [6.45, 7) is 12.8. The van der Waals surface area contributed by atoms with E-state index in [9.17, 15) is 8.42 Å². The van der Waals surface area contributed by atoms with Crippen LogP contribution in [0.25, 0.3) is 0 Å². The molecule has 0 aliphatic carbocycles. The van der Waals surface area contributed by atoms with E-state index in [1.165, 1.54) is 0 Å². The average Bonchev–Trinajstić information content (AvgIpc) is 2.46. The first-order valence-electron chi connectivity index (χ1n) is 8.58. The van der Waals surface area contributed by atoms with Crippen molar-refractivity contribution >= 4 is 15.8 Å². The fourth-order valence-corrected chi connectivity index (χ4v) is 3.42. The normalized spacial score (nSPS) is 18.3. The molecule has 1 fully saturated rings. The Bertz CT molecular complexity index is 475. The molecule has 1 aliphatic heterocycles. The van der Waals surface area contributed by atoms with Gasteiger partial charge in [-0.2, -0.15) is 0 Å². The van der Waals surface area contributed by atoms with Gasteiger partial charge in [-0.25, -0.2) is 8.42 Å². The van der Waals surface area contributed by atoms with Crippen molar-refractivity contribution in [3.8, 4) is 0 Å². The Labute approximate surface area is 141 Å². The predicted molar refractivity (Wildman–Crippen MR) is 95.7 cm³/mol. The standard InChI is InChI=1S/C16H33N3O3S/c1-6-17-15(18-10-13-23(20,21)16(3,4)5)19-11-8-14(9-12-19)22-7-2/h14H,6-13H2,1-5H3,(H,17,18). The maximum Gasteiger partial charge on any atom is 0.193 e. The molecule has 23 heavy (non-hydrogen) atoms. The maximum absolute atomic E-state index is 12.2. The minimum Gasteiger partial charge on any atom is -0.378 e. The number of aliphatic imine (C=N–C) groups is 1. The van der Waals surface area contributed by atoms with Crippen molar-refractivity contribution in [2.24, 2.45) is 4.99 Å². The molecule has 1 aliphatic rings. The molecule has 0 amide bonds. The molecule has 136 valence electrons. The lowest BCUT2D eigenvalue weighted by atomic mass is 10.1. The Balaban J connectivity index is 2.61. The number of guanidine groups is 1. The third-order valence-electron chi connectivity index (χ3n) is 4.03. The van der Waals surface area contributed by atoms with E-state index in [1.807, 2.05) is 13.8 Å². The van der Waals surface area contributed by atoms with E-state index in [0.29, 0.717) is 12.6 Å². The van der Waals surface area contributed by atoms with Crippen LogP contribution in [0.15, 0.2) is 4.99 Å². The van der Waals surface area contributed by atoms with Gasteiger partial charge in [0.25, 0.3) is 0 Å². The van der Waals surface area contributed by atoms with Crippen LogP contribution in [-0.2, 0) is 14.6 Å². The van der Waals surface area contributed by atoms with Crippen molar-refractivity contribution in [1.29, 1.82) is 0 Å². The summed E-state index contributed by atoms with van der Waals surface area (Å²) in [6, 6.07) is 0. The Kier molecular flexibility index (Phi) is 7.80. The summed E-state index contributed by atoms with van der Waals surface area (Å²) in [6.07, 6.45) is 2.30. The third kappa shape index (κ3) is 6.30. The summed E-state index contributed by atoms with van der Waals surface area (Å²) in [5, 5.41) is 3.26. The first-order chi connectivity index (χ1) is 10.7. The summed E-state index contributed by atoms with van der Waals surface area (Å²) in [5.74, 6) is 0.896. The van der Waals surface area contributed by atoms with Gasteiger partial charge in [0.2, 0.25) is 0 Å². The second-order valence-corrected chi connectivity index (χ2v) is 9.67. The van der Waals surface area contributed by atoms with E-state index >= 15 is 0 Å². The minimum atomic E-state index is -3.13. The number of likely N-dealkylation sites (tertiary alicyclic amines) is 1. The van der Waals surface area contributed by atoms with Gasteiger partial charge in [-0.3, -0.25) is 4.99 Å². The summed E-state index contributed by atoms with van der Waals surface area (Å²) in [4.78, 5) is 6.72. The fourth-order valence-electron chi connectivity index (χ4n) is 2.47. The van der Waals surface area contributed by atoms with Gasteiger partial charge < -0.3 is 15.0 Å². The van der Waals surface area contributed by atoms with Gasteiger partial charge >= 0.3 is 0 Å². The molecule has 1 heterocycles. The second kappa shape index (κ2) is 8.87. The number of ether oxygens (including phenoxy) is 1. The highest BCUT2D eigenvalue weighted by Gasteiger charge is 2.28. The number of piperidine rings is 1. The average molecular weight is 348 g/mol. The quantitative estimate of drug-likeness (QED) is 0.584. The molecule has 7 heteroatoms. The van der Waals surface area contributed by atoms with Crippen LogP contribution in [0.1, 0.15) is 47.5 Å². The highest BCUT2D eigenvalue weighted by atomic mass is 32.2. The molecule has 0 bridgehead atoms. The number of sulfone groups is 1. The van der Waals surface area contributed by atoms with Crippen molar-refractivity contribution in [3.63, 3.8) is 0 Å². The largest absolute Gasteiger partial charge is 0.378 e. The van der Waals surface area contributed by atoms with E-state index in [0.717, 1.165) is 45.0 Å². The van der Waals surface area contributed by atoms with Gasteiger partial charge in [0, 0.05) is 26.2 Å². The Morgan fingerprint density at radius 1 is 1.26 bits per heavy atom. The zero-order chi connectivity index (χ0) is 17.5. The number of nitrogens with zero attached hydrogens (tertiary/aromatic N) is 2. The van der Waals surface area contributed by atoms with Crippen molar-refractivity contribution in [1.82, 2.24) is 10.2 Å². The molecule has 1 rings (SSSR count). The van der Waals surface area contributed by atoms with Gasteiger partial charge in [0.1, 0.15) is 0 Å². The first kappa shape index (κ1) is 20.2. The summed E-state index contributed by atoms with van der Waals surface area (Å²) >= 11 is 0. The van der Waals surface area contributed by atoms with Crippen LogP contribution >= 0.6 is 0 Å². The van der Waals surface area contributed by atoms with Crippen LogP contribution in [0.2, 0.25) is 0 Å². The van der Waals surface area contributed by atoms with Gasteiger partial charge in [0.05, 0.1) is 23.1 Å². The highest BCUT2D eigenvalue weighted by molar-refractivity contribution is 7.92. The molecule has 0 aromatic rings. The Morgan fingerprint density at radius 2 is 1.87 bits per heavy atom. The van der Waals surface area contributed by atoms with Gasteiger partial charge in [-0.1, -0.05) is 0 Å². The molecule has 0 spiro atoms. The monoisotopic (exact) mass is 347 g/mol. The zero-order valence-corrected chi connectivity index (χ0v) is 16.1. The molecule has 0 aromatic heterocycles. The molecule has 6 nitrogen and oxygen atoms in total. The van der Waals surface area contributed by atoms with Crippen LogP contribution in [-0.4, -0.2) is 68.7 Å². The number of hydrogen-bond donors (Lipinski definition) is 1. The molecular formula is C16H33N3O3S. The van der Waals surface area contributed by atoms with Gasteiger partial charge in [0.15, 0.2) is 15.8 Å². The summed E-state index contributed by atoms with van der Waals surface area (Å²) < 4.78 is 29.3. The SMILES string of the molecule is CCNC(=NCCS(=O)(=O)C(C)(C)C)N1CCC(OCC)CC1. The fraction of sp³-hybridized carbons (Fsp3) is 0.938. The predicted octanol–water partition coefficient (Wildman–Crippen LogP) is 1.67. The molecule has 0 unspecified atom stereocenters. The van der Waals surface area contributed by atoms with Crippen LogP contribution < -0.4 is 5.32 Å².